The van der Waals surface area contributed by atoms with Crippen LogP contribution < -0.4 is 5.32 Å². The fourth-order valence-corrected chi connectivity index (χ4v) is 5.95. The maximum atomic E-state index is 14.0. The molecule has 0 spiro atoms. The minimum absolute atomic E-state index is 0.0162. The van der Waals surface area contributed by atoms with E-state index in [1.54, 1.807) is 8.99 Å². The van der Waals surface area contributed by atoms with Gasteiger partial charge in [-0.2, -0.15) is 4.31 Å². The van der Waals surface area contributed by atoms with E-state index in [-0.39, 0.29) is 11.1 Å². The number of benzene rings is 3. The number of piperazine rings is 1. The van der Waals surface area contributed by atoms with Crippen LogP contribution in [-0.4, -0.2) is 53.4 Å². The number of nitrogens with zero attached hydrogens (tertiary/aromatic N) is 4. The molecule has 0 amide bonds. The third kappa shape index (κ3) is 4.32. The van der Waals surface area contributed by atoms with Crippen LogP contribution in [0, 0.1) is 0 Å². The summed E-state index contributed by atoms with van der Waals surface area (Å²) in [5, 5.41) is 11.8. The molecule has 1 N–H and O–H groups in total. The highest BCUT2D eigenvalue weighted by Gasteiger charge is 2.38. The SMILES string of the molecule is O=S(=O)(c1nnn(-c2ccccc2)c1-c1ccccc1)N1CCNC[C@H]1Cc1ccccc1. The smallest absolute Gasteiger partial charge is 0.265 e. The largest absolute Gasteiger partial charge is 0.314 e. The van der Waals surface area contributed by atoms with Crippen molar-refractivity contribution in [2.75, 3.05) is 19.6 Å². The van der Waals surface area contributed by atoms with Crippen LogP contribution in [0.2, 0.25) is 0 Å². The molecule has 0 radical (unpaired) electrons. The Bertz CT molecular complexity index is 1310. The number of para-hydroxylation sites is 1. The highest BCUT2D eigenvalue weighted by atomic mass is 32.2. The zero-order valence-corrected chi connectivity index (χ0v) is 18.9. The highest BCUT2D eigenvalue weighted by Crippen LogP contribution is 2.31. The van der Waals surface area contributed by atoms with Crippen LogP contribution in [0.4, 0.5) is 0 Å². The van der Waals surface area contributed by atoms with Crippen LogP contribution in [0.5, 0.6) is 0 Å². The first-order valence-electron chi connectivity index (χ1n) is 11.0. The summed E-state index contributed by atoms with van der Waals surface area (Å²) in [7, 11) is -3.90. The summed E-state index contributed by atoms with van der Waals surface area (Å²) < 4.78 is 31.2. The number of rotatable bonds is 6. The van der Waals surface area contributed by atoms with Gasteiger partial charge in [0, 0.05) is 31.2 Å². The maximum Gasteiger partial charge on any atom is 0.265 e. The van der Waals surface area contributed by atoms with Crippen LogP contribution in [0.1, 0.15) is 5.56 Å². The molecule has 1 aliphatic heterocycles. The maximum absolute atomic E-state index is 14.0. The van der Waals surface area contributed by atoms with E-state index in [1.165, 1.54) is 0 Å². The summed E-state index contributed by atoms with van der Waals surface area (Å²) >= 11 is 0. The summed E-state index contributed by atoms with van der Waals surface area (Å²) in [6, 6.07) is 28.7. The molecule has 5 rings (SSSR count). The van der Waals surface area contributed by atoms with Crippen molar-refractivity contribution in [3.05, 3.63) is 96.6 Å². The Labute approximate surface area is 193 Å². The van der Waals surface area contributed by atoms with E-state index in [4.69, 9.17) is 0 Å². The van der Waals surface area contributed by atoms with Crippen molar-refractivity contribution in [3.8, 4) is 16.9 Å². The highest BCUT2D eigenvalue weighted by molar-refractivity contribution is 7.89. The molecule has 33 heavy (non-hydrogen) atoms. The minimum Gasteiger partial charge on any atom is -0.314 e. The third-order valence-electron chi connectivity index (χ3n) is 5.85. The third-order valence-corrected chi connectivity index (χ3v) is 7.71. The van der Waals surface area contributed by atoms with Crippen molar-refractivity contribution in [2.24, 2.45) is 0 Å². The lowest BCUT2D eigenvalue weighted by Gasteiger charge is -2.34. The van der Waals surface area contributed by atoms with Crippen molar-refractivity contribution in [1.82, 2.24) is 24.6 Å². The Morgan fingerprint density at radius 3 is 2.21 bits per heavy atom. The molecule has 1 aliphatic rings. The Morgan fingerprint density at radius 2 is 1.52 bits per heavy atom. The standard InChI is InChI=1S/C25H25N5O2S/c31-33(32,29-17-16-26-19-23(29)18-20-10-4-1-5-11-20)25-24(21-12-6-2-7-13-21)30(28-27-25)22-14-8-3-9-15-22/h1-15,23,26H,16-19H2/t23-/m1/s1. The van der Waals surface area contributed by atoms with Gasteiger partial charge < -0.3 is 5.32 Å². The molecular formula is C25H25N5O2S. The zero-order chi connectivity index (χ0) is 22.7. The molecule has 8 heteroatoms. The van der Waals surface area contributed by atoms with Crippen LogP contribution >= 0.6 is 0 Å². The Hall–Kier alpha value is -3.33. The summed E-state index contributed by atoms with van der Waals surface area (Å²) in [4.78, 5) is 0. The fraction of sp³-hybridized carbons (Fsp3) is 0.200. The van der Waals surface area contributed by atoms with E-state index >= 15 is 0 Å². The minimum atomic E-state index is -3.90. The Kier molecular flexibility index (Phi) is 6.04. The van der Waals surface area contributed by atoms with Gasteiger partial charge >= 0.3 is 0 Å². The van der Waals surface area contributed by atoms with Crippen molar-refractivity contribution in [1.29, 1.82) is 0 Å². The van der Waals surface area contributed by atoms with Gasteiger partial charge in [0.2, 0.25) is 5.03 Å². The summed E-state index contributed by atoms with van der Waals surface area (Å²) in [6.07, 6.45) is 0.626. The molecule has 2 heterocycles. The van der Waals surface area contributed by atoms with Gasteiger partial charge in [0.25, 0.3) is 10.0 Å². The molecule has 1 atom stereocenters. The van der Waals surface area contributed by atoms with Gasteiger partial charge in [0.1, 0.15) is 5.69 Å². The van der Waals surface area contributed by atoms with Crippen LogP contribution in [0.3, 0.4) is 0 Å². The number of hydrogen-bond donors (Lipinski definition) is 1. The first-order valence-corrected chi connectivity index (χ1v) is 12.4. The molecule has 7 nitrogen and oxygen atoms in total. The lowest BCUT2D eigenvalue weighted by molar-refractivity contribution is 0.265. The molecular weight excluding hydrogens is 434 g/mol. The molecule has 0 aliphatic carbocycles. The van der Waals surface area contributed by atoms with E-state index in [1.807, 2.05) is 91.0 Å². The molecule has 1 fully saturated rings. The fourth-order valence-electron chi connectivity index (χ4n) is 4.26. The van der Waals surface area contributed by atoms with Gasteiger partial charge in [-0.3, -0.25) is 0 Å². The van der Waals surface area contributed by atoms with Gasteiger partial charge in [0.15, 0.2) is 0 Å². The average molecular weight is 460 g/mol. The van der Waals surface area contributed by atoms with Crippen LogP contribution in [-0.2, 0) is 16.4 Å². The zero-order valence-electron chi connectivity index (χ0n) is 18.1. The monoisotopic (exact) mass is 459 g/mol. The Balaban J connectivity index is 1.59. The number of sulfonamides is 1. The van der Waals surface area contributed by atoms with Gasteiger partial charge in [-0.15, -0.1) is 5.10 Å². The predicted octanol–water partition coefficient (Wildman–Crippen LogP) is 3.14. The molecule has 168 valence electrons. The molecule has 0 saturated carbocycles. The van der Waals surface area contributed by atoms with Crippen molar-refractivity contribution < 1.29 is 8.42 Å². The first-order chi connectivity index (χ1) is 16.1. The molecule has 1 aromatic heterocycles. The van der Waals surface area contributed by atoms with Gasteiger partial charge in [-0.25, -0.2) is 13.1 Å². The second-order valence-corrected chi connectivity index (χ2v) is 9.83. The van der Waals surface area contributed by atoms with Crippen molar-refractivity contribution in [2.45, 2.75) is 17.5 Å². The van der Waals surface area contributed by atoms with E-state index in [2.05, 4.69) is 15.6 Å². The predicted molar refractivity (Wildman–Crippen MR) is 127 cm³/mol. The topological polar surface area (TPSA) is 80.1 Å². The van der Waals surface area contributed by atoms with E-state index in [0.29, 0.717) is 31.7 Å². The van der Waals surface area contributed by atoms with Gasteiger partial charge in [-0.05, 0) is 24.1 Å². The molecule has 0 bridgehead atoms. The quantitative estimate of drug-likeness (QED) is 0.479. The summed E-state index contributed by atoms with van der Waals surface area (Å²) in [5.41, 5.74) is 3.08. The van der Waals surface area contributed by atoms with Gasteiger partial charge in [0.05, 0.1) is 5.69 Å². The van der Waals surface area contributed by atoms with Crippen LogP contribution in [0.15, 0.2) is 96.0 Å². The summed E-state index contributed by atoms with van der Waals surface area (Å²) in [5.74, 6) is 0. The lowest BCUT2D eigenvalue weighted by atomic mass is 10.1. The van der Waals surface area contributed by atoms with E-state index in [0.717, 1.165) is 16.8 Å². The second-order valence-electron chi connectivity index (χ2n) is 8.02. The normalized spacial score (nSPS) is 17.2. The van der Waals surface area contributed by atoms with Gasteiger partial charge in [-0.1, -0.05) is 84.1 Å². The molecule has 0 unspecified atom stereocenters. The number of nitrogens with one attached hydrogen (secondary N) is 1. The molecule has 4 aromatic rings. The lowest BCUT2D eigenvalue weighted by Crippen LogP contribution is -2.54. The van der Waals surface area contributed by atoms with E-state index in [9.17, 15) is 8.42 Å². The number of hydrogen-bond acceptors (Lipinski definition) is 5. The van der Waals surface area contributed by atoms with Crippen molar-refractivity contribution in [3.63, 3.8) is 0 Å². The first kappa shape index (κ1) is 21.5. The Morgan fingerprint density at radius 1 is 0.879 bits per heavy atom. The number of aromatic nitrogens is 3. The average Bonchev–Trinajstić information content (AvgIpc) is 3.32. The van der Waals surface area contributed by atoms with Crippen molar-refractivity contribution >= 4 is 10.0 Å². The summed E-state index contributed by atoms with van der Waals surface area (Å²) in [6.45, 7) is 1.56. The molecule has 3 aromatic carbocycles. The second kappa shape index (κ2) is 9.27. The van der Waals surface area contributed by atoms with Crippen LogP contribution in [0.25, 0.3) is 16.9 Å². The van der Waals surface area contributed by atoms with E-state index < -0.39 is 10.0 Å². The molecule has 1 saturated heterocycles.